The van der Waals surface area contributed by atoms with Gasteiger partial charge in [-0.25, -0.2) is 0 Å². The predicted molar refractivity (Wildman–Crippen MR) is 128 cm³/mol. The third kappa shape index (κ3) is 4.15. The van der Waals surface area contributed by atoms with E-state index in [1.165, 1.54) is 19.1 Å². The summed E-state index contributed by atoms with van der Waals surface area (Å²) >= 11 is 7.19. The van der Waals surface area contributed by atoms with Crippen molar-refractivity contribution < 1.29 is 23.9 Å². The van der Waals surface area contributed by atoms with E-state index >= 15 is 0 Å². The van der Waals surface area contributed by atoms with Crippen LogP contribution in [-0.4, -0.2) is 41.6 Å². The van der Waals surface area contributed by atoms with Gasteiger partial charge in [0.1, 0.15) is 11.5 Å². The number of fused-ring (bicyclic) bond motifs is 1. The van der Waals surface area contributed by atoms with E-state index in [0.717, 1.165) is 0 Å². The van der Waals surface area contributed by atoms with E-state index in [0.29, 0.717) is 41.3 Å². The van der Waals surface area contributed by atoms with E-state index in [-0.39, 0.29) is 33.3 Å². The maximum Gasteiger partial charge on any atom is 0.255 e. The van der Waals surface area contributed by atoms with Gasteiger partial charge in [-0.1, -0.05) is 37.9 Å². The summed E-state index contributed by atoms with van der Waals surface area (Å²) in [7, 11) is 3.05. The van der Waals surface area contributed by atoms with Gasteiger partial charge in [0, 0.05) is 21.3 Å². The van der Waals surface area contributed by atoms with Gasteiger partial charge < -0.3 is 14.8 Å². The van der Waals surface area contributed by atoms with Gasteiger partial charge in [-0.05, 0) is 43.2 Å². The number of hydrogen-bond donors (Lipinski definition) is 1. The zero-order chi connectivity index (χ0) is 23.0. The molecule has 9 heteroatoms. The molecule has 0 bridgehead atoms. The molecule has 168 valence electrons. The van der Waals surface area contributed by atoms with Crippen molar-refractivity contribution in [3.8, 4) is 11.5 Å². The van der Waals surface area contributed by atoms with Crippen molar-refractivity contribution in [2.75, 3.05) is 24.4 Å². The van der Waals surface area contributed by atoms with E-state index in [1.54, 1.807) is 42.5 Å². The molecular weight excluding hydrogens is 544 g/mol. The Bertz CT molecular complexity index is 1050. The fourth-order valence-corrected chi connectivity index (χ4v) is 5.48. The molecule has 32 heavy (non-hydrogen) atoms. The third-order valence-corrected chi connectivity index (χ3v) is 8.67. The highest BCUT2D eigenvalue weighted by Crippen LogP contribution is 2.44. The molecule has 2 aromatic carbocycles. The molecule has 1 N–H and O–H groups in total. The molecule has 2 fully saturated rings. The van der Waals surface area contributed by atoms with Gasteiger partial charge in [-0.3, -0.25) is 19.3 Å². The summed E-state index contributed by atoms with van der Waals surface area (Å²) in [5, 5.41) is 2.81. The van der Waals surface area contributed by atoms with Gasteiger partial charge in [0.15, 0.2) is 0 Å². The van der Waals surface area contributed by atoms with Crippen LogP contribution in [0.15, 0.2) is 42.5 Å². The number of methoxy groups -OCH3 is 2. The molecule has 4 atom stereocenters. The lowest BCUT2D eigenvalue weighted by Crippen LogP contribution is -2.34. The second kappa shape index (κ2) is 9.23. The number of imide groups is 1. The van der Waals surface area contributed by atoms with Crippen LogP contribution < -0.4 is 19.7 Å². The Morgan fingerprint density at radius 3 is 2.22 bits per heavy atom. The molecule has 1 heterocycles. The van der Waals surface area contributed by atoms with Crippen LogP contribution in [0, 0.1) is 11.8 Å². The van der Waals surface area contributed by atoms with E-state index in [4.69, 9.17) is 9.47 Å². The van der Waals surface area contributed by atoms with Crippen LogP contribution in [0.3, 0.4) is 0 Å². The molecule has 1 saturated carbocycles. The average Bonchev–Trinajstić information content (AvgIpc) is 3.03. The average molecular weight is 566 g/mol. The predicted octanol–water partition coefficient (Wildman–Crippen LogP) is 4.38. The molecule has 3 amide bonds. The molecular formula is C23H22Br2N2O5. The maximum absolute atomic E-state index is 13.1. The Hall–Kier alpha value is -2.39. The summed E-state index contributed by atoms with van der Waals surface area (Å²) in [4.78, 5) is 40.6. The fourth-order valence-electron chi connectivity index (χ4n) is 4.24. The Morgan fingerprint density at radius 2 is 1.62 bits per heavy atom. The summed E-state index contributed by atoms with van der Waals surface area (Å²) in [5.41, 5.74) is 1.17. The lowest BCUT2D eigenvalue weighted by molar-refractivity contribution is -0.122. The van der Waals surface area contributed by atoms with Crippen LogP contribution in [0.2, 0.25) is 0 Å². The molecule has 0 spiro atoms. The number of rotatable bonds is 5. The fraction of sp³-hybridized carbons (Fsp3) is 0.348. The number of benzene rings is 2. The molecule has 0 radical (unpaired) electrons. The number of anilines is 2. The van der Waals surface area contributed by atoms with E-state index in [2.05, 4.69) is 37.2 Å². The Balaban J connectivity index is 1.59. The first-order valence-electron chi connectivity index (χ1n) is 10.1. The second-order valence-corrected chi connectivity index (χ2v) is 10.2. The lowest BCUT2D eigenvalue weighted by atomic mass is 9.81. The molecule has 2 aromatic rings. The van der Waals surface area contributed by atoms with E-state index < -0.39 is 5.91 Å². The lowest BCUT2D eigenvalue weighted by Gasteiger charge is -2.29. The van der Waals surface area contributed by atoms with Crippen molar-refractivity contribution in [3.05, 3.63) is 48.0 Å². The van der Waals surface area contributed by atoms with Crippen molar-refractivity contribution in [2.45, 2.75) is 22.5 Å². The number of amides is 3. The molecule has 1 aliphatic carbocycles. The van der Waals surface area contributed by atoms with E-state index in [1.807, 2.05) is 0 Å². The minimum Gasteiger partial charge on any atom is -0.497 e. The van der Waals surface area contributed by atoms with Crippen molar-refractivity contribution in [1.29, 1.82) is 0 Å². The van der Waals surface area contributed by atoms with Crippen molar-refractivity contribution >= 4 is 61.0 Å². The summed E-state index contributed by atoms with van der Waals surface area (Å²) < 4.78 is 10.5. The van der Waals surface area contributed by atoms with Crippen LogP contribution in [0.5, 0.6) is 11.5 Å². The quantitative estimate of drug-likeness (QED) is 0.429. The second-order valence-electron chi connectivity index (χ2n) is 7.80. The first-order valence-corrected chi connectivity index (χ1v) is 12.0. The normalized spacial score (nSPS) is 24.8. The first kappa shape index (κ1) is 22.8. The van der Waals surface area contributed by atoms with Crippen LogP contribution >= 0.6 is 31.9 Å². The molecule has 2 aliphatic rings. The minimum atomic E-state index is -0.393. The van der Waals surface area contributed by atoms with Crippen LogP contribution in [-0.2, 0) is 9.59 Å². The number of carbonyl (C=O) groups is 3. The number of nitrogens with zero attached hydrogens (tertiary/aromatic N) is 1. The number of hydrogen-bond acceptors (Lipinski definition) is 5. The maximum atomic E-state index is 13.1. The molecule has 1 saturated heterocycles. The smallest absolute Gasteiger partial charge is 0.255 e. The Labute approximate surface area is 202 Å². The van der Waals surface area contributed by atoms with Crippen molar-refractivity contribution in [1.82, 2.24) is 0 Å². The molecule has 4 rings (SSSR count). The summed E-state index contributed by atoms with van der Waals surface area (Å²) in [6.07, 6.45) is 1.19. The van der Waals surface area contributed by atoms with Gasteiger partial charge in [-0.15, -0.1) is 0 Å². The number of alkyl halides is 2. The monoisotopic (exact) mass is 564 g/mol. The topological polar surface area (TPSA) is 84.9 Å². The molecule has 1 aliphatic heterocycles. The highest BCUT2D eigenvalue weighted by Gasteiger charge is 2.52. The van der Waals surface area contributed by atoms with Crippen molar-refractivity contribution in [3.63, 3.8) is 0 Å². The van der Waals surface area contributed by atoms with Gasteiger partial charge >= 0.3 is 0 Å². The Morgan fingerprint density at radius 1 is 0.969 bits per heavy atom. The third-order valence-electron chi connectivity index (χ3n) is 5.93. The Kier molecular flexibility index (Phi) is 6.57. The summed E-state index contributed by atoms with van der Waals surface area (Å²) in [6, 6.07) is 11.6. The zero-order valence-corrected chi connectivity index (χ0v) is 20.7. The van der Waals surface area contributed by atoms with Crippen LogP contribution in [0.1, 0.15) is 23.2 Å². The van der Waals surface area contributed by atoms with Gasteiger partial charge in [0.25, 0.3) is 5.91 Å². The van der Waals surface area contributed by atoms with E-state index in [9.17, 15) is 14.4 Å². The number of carbonyl (C=O) groups excluding carboxylic acids is 3. The highest BCUT2D eigenvalue weighted by molar-refractivity contribution is 9.12. The largest absolute Gasteiger partial charge is 0.497 e. The summed E-state index contributed by atoms with van der Waals surface area (Å²) in [5.74, 6) is -0.458. The van der Waals surface area contributed by atoms with Crippen LogP contribution in [0.4, 0.5) is 11.4 Å². The van der Waals surface area contributed by atoms with Crippen LogP contribution in [0.25, 0.3) is 0 Å². The zero-order valence-electron chi connectivity index (χ0n) is 17.5. The molecule has 0 unspecified atom stereocenters. The van der Waals surface area contributed by atoms with Gasteiger partial charge in [0.05, 0.1) is 37.4 Å². The number of ether oxygens (including phenoxy) is 2. The number of nitrogens with one attached hydrogen (secondary N) is 1. The van der Waals surface area contributed by atoms with Gasteiger partial charge in [0.2, 0.25) is 11.8 Å². The summed E-state index contributed by atoms with van der Waals surface area (Å²) in [6.45, 7) is 0. The molecule has 0 aromatic heterocycles. The van der Waals surface area contributed by atoms with Crippen molar-refractivity contribution in [2.24, 2.45) is 11.8 Å². The molecule has 7 nitrogen and oxygen atoms in total. The number of halogens is 2. The highest BCUT2D eigenvalue weighted by atomic mass is 79.9. The SMILES string of the molecule is COc1ccc(OC)c(NC(=O)c2cccc(N3C(=O)[C@H]4C[C@@H](Br)[C@@H](Br)C[C@H]4C3=O)c2)c1. The standard InChI is InChI=1S/C23H22Br2N2O5/c1-31-14-6-7-20(32-2)19(9-14)26-21(28)12-4-3-5-13(8-12)27-22(29)15-10-17(24)18(25)11-16(15)23(27)30/h3-9,15-18H,10-11H2,1-2H3,(H,26,28)/t15-,16+,17+,18-. The van der Waals surface area contributed by atoms with Gasteiger partial charge in [-0.2, -0.15) is 0 Å². The first-order chi connectivity index (χ1) is 15.3. The minimum absolute atomic E-state index is 0.135.